The van der Waals surface area contributed by atoms with E-state index in [2.05, 4.69) is 10.6 Å². The van der Waals surface area contributed by atoms with Crippen LogP contribution in [-0.4, -0.2) is 48.9 Å². The van der Waals surface area contributed by atoms with Crippen LogP contribution in [0.15, 0.2) is 0 Å². The van der Waals surface area contributed by atoms with E-state index in [0.29, 0.717) is 6.04 Å². The third-order valence-electron chi connectivity index (χ3n) is 2.82. The summed E-state index contributed by atoms with van der Waals surface area (Å²) < 4.78 is 0. The lowest BCUT2D eigenvalue weighted by Gasteiger charge is -2.30. The molecule has 5 nitrogen and oxygen atoms in total. The normalized spacial score (nSPS) is 24.2. The van der Waals surface area contributed by atoms with Gasteiger partial charge in [0.25, 0.3) is 0 Å². The zero-order valence-electron chi connectivity index (χ0n) is 8.95. The van der Waals surface area contributed by atoms with Crippen molar-refractivity contribution in [2.45, 2.75) is 31.3 Å². The Balaban J connectivity index is 1.71. The summed E-state index contributed by atoms with van der Waals surface area (Å²) in [5.74, 6) is -0.0279. The van der Waals surface area contributed by atoms with Crippen LogP contribution in [0.1, 0.15) is 19.3 Å². The number of likely N-dealkylation sites (N-methyl/N-ethyl adjacent to an activating group) is 1. The maximum Gasteiger partial charge on any atom is 0.239 e. The van der Waals surface area contributed by atoms with Gasteiger partial charge in [0.1, 0.15) is 0 Å². The average Bonchev–Trinajstić information content (AvgIpc) is 2.84. The number of hydrogen-bond donors (Lipinski definition) is 2. The Morgan fingerprint density at radius 2 is 2.07 bits per heavy atom. The van der Waals surface area contributed by atoms with Gasteiger partial charge in [-0.05, 0) is 25.8 Å². The second-order valence-electron chi connectivity index (χ2n) is 4.33. The van der Waals surface area contributed by atoms with Gasteiger partial charge in [0.15, 0.2) is 0 Å². The van der Waals surface area contributed by atoms with E-state index in [1.54, 1.807) is 7.05 Å². The van der Waals surface area contributed by atoms with Crippen molar-refractivity contribution in [3.63, 3.8) is 0 Å². The highest BCUT2D eigenvalue weighted by Crippen LogP contribution is 2.18. The van der Waals surface area contributed by atoms with Crippen molar-refractivity contribution in [2.75, 3.05) is 20.1 Å². The van der Waals surface area contributed by atoms with Gasteiger partial charge in [-0.3, -0.25) is 9.59 Å². The fourth-order valence-corrected chi connectivity index (χ4v) is 1.56. The lowest BCUT2D eigenvalue weighted by atomic mass is 10.1. The van der Waals surface area contributed by atoms with E-state index >= 15 is 0 Å². The summed E-state index contributed by atoms with van der Waals surface area (Å²) in [6, 6.07) is 0.298. The number of nitrogens with one attached hydrogen (secondary N) is 2. The number of carbonyl (C=O) groups is 2. The van der Waals surface area contributed by atoms with Crippen LogP contribution in [0.4, 0.5) is 0 Å². The van der Waals surface area contributed by atoms with Crippen molar-refractivity contribution >= 4 is 11.8 Å². The van der Waals surface area contributed by atoms with Gasteiger partial charge >= 0.3 is 0 Å². The molecule has 1 aliphatic heterocycles. The molecule has 2 N–H and O–H groups in total. The van der Waals surface area contributed by atoms with Crippen molar-refractivity contribution in [3.8, 4) is 0 Å². The topological polar surface area (TPSA) is 61.4 Å². The Morgan fingerprint density at radius 3 is 2.53 bits per heavy atom. The fourth-order valence-electron chi connectivity index (χ4n) is 1.56. The molecule has 1 saturated carbocycles. The summed E-state index contributed by atoms with van der Waals surface area (Å²) in [4.78, 5) is 24.6. The number of rotatable bonds is 4. The first-order valence-corrected chi connectivity index (χ1v) is 5.44. The van der Waals surface area contributed by atoms with Gasteiger partial charge in [0.05, 0.1) is 12.6 Å². The van der Waals surface area contributed by atoms with Crippen LogP contribution in [0.5, 0.6) is 0 Å². The first kappa shape index (κ1) is 10.4. The van der Waals surface area contributed by atoms with Crippen LogP contribution < -0.4 is 10.6 Å². The first-order valence-electron chi connectivity index (χ1n) is 5.44. The van der Waals surface area contributed by atoms with Crippen LogP contribution >= 0.6 is 0 Å². The van der Waals surface area contributed by atoms with E-state index in [4.69, 9.17) is 0 Å². The van der Waals surface area contributed by atoms with Crippen molar-refractivity contribution in [2.24, 2.45) is 0 Å². The SMILES string of the molecule is CN(CC(=O)NC1CC1)C(=O)[C@H]1CCN1. The highest BCUT2D eigenvalue weighted by molar-refractivity contribution is 5.88. The Hall–Kier alpha value is -1.10. The molecule has 0 aromatic heterocycles. The van der Waals surface area contributed by atoms with Crippen LogP contribution in [0, 0.1) is 0 Å². The molecule has 2 rings (SSSR count). The van der Waals surface area contributed by atoms with E-state index in [9.17, 15) is 9.59 Å². The Bertz CT molecular complexity index is 272. The Labute approximate surface area is 89.2 Å². The van der Waals surface area contributed by atoms with Crippen molar-refractivity contribution in [3.05, 3.63) is 0 Å². The quantitative estimate of drug-likeness (QED) is 0.632. The van der Waals surface area contributed by atoms with Crippen LogP contribution in [0.3, 0.4) is 0 Å². The molecule has 1 atom stereocenters. The predicted octanol–water partition coefficient (Wildman–Crippen LogP) is -0.915. The molecule has 1 saturated heterocycles. The minimum absolute atomic E-state index is 0.0206. The van der Waals surface area contributed by atoms with Gasteiger partial charge in [0, 0.05) is 13.1 Å². The number of amides is 2. The molecule has 0 aromatic rings. The van der Waals surface area contributed by atoms with Gasteiger partial charge < -0.3 is 15.5 Å². The lowest BCUT2D eigenvalue weighted by molar-refractivity contribution is -0.137. The van der Waals surface area contributed by atoms with E-state index in [-0.39, 0.29) is 24.4 Å². The van der Waals surface area contributed by atoms with Crippen molar-refractivity contribution < 1.29 is 9.59 Å². The molecule has 2 fully saturated rings. The van der Waals surface area contributed by atoms with Crippen LogP contribution in [0.25, 0.3) is 0 Å². The Morgan fingerprint density at radius 1 is 1.40 bits per heavy atom. The number of carbonyl (C=O) groups excluding carboxylic acids is 2. The molecule has 1 aliphatic carbocycles. The third kappa shape index (κ3) is 2.68. The molecule has 0 bridgehead atoms. The molecule has 0 radical (unpaired) electrons. The minimum atomic E-state index is -0.0660. The molecule has 0 unspecified atom stereocenters. The molecule has 0 spiro atoms. The number of nitrogens with zero attached hydrogens (tertiary/aromatic N) is 1. The van der Waals surface area contributed by atoms with Gasteiger partial charge in [-0.15, -0.1) is 0 Å². The lowest BCUT2D eigenvalue weighted by Crippen LogP contribution is -2.54. The summed E-state index contributed by atoms with van der Waals surface area (Å²) >= 11 is 0. The van der Waals surface area contributed by atoms with Gasteiger partial charge in [-0.1, -0.05) is 0 Å². The average molecular weight is 211 g/mol. The summed E-state index contributed by atoms with van der Waals surface area (Å²) in [5.41, 5.74) is 0. The molecule has 5 heteroatoms. The molecule has 15 heavy (non-hydrogen) atoms. The Kier molecular flexibility index (Phi) is 2.90. The zero-order valence-corrected chi connectivity index (χ0v) is 8.95. The van der Waals surface area contributed by atoms with E-state index in [0.717, 1.165) is 25.8 Å². The number of hydrogen-bond acceptors (Lipinski definition) is 3. The van der Waals surface area contributed by atoms with E-state index in [1.807, 2.05) is 0 Å². The predicted molar refractivity (Wildman–Crippen MR) is 55.2 cm³/mol. The van der Waals surface area contributed by atoms with Crippen LogP contribution in [-0.2, 0) is 9.59 Å². The molecule has 0 aromatic carbocycles. The summed E-state index contributed by atoms with van der Waals surface area (Å²) in [6.07, 6.45) is 3.04. The summed E-state index contributed by atoms with van der Waals surface area (Å²) in [7, 11) is 1.68. The van der Waals surface area contributed by atoms with Crippen LogP contribution in [0.2, 0.25) is 0 Å². The second kappa shape index (κ2) is 4.18. The standard InChI is InChI=1S/C10H17N3O2/c1-13(10(15)8-4-5-11-8)6-9(14)12-7-2-3-7/h7-8,11H,2-6H2,1H3,(H,12,14)/t8-/m1/s1. The van der Waals surface area contributed by atoms with E-state index in [1.165, 1.54) is 4.90 Å². The van der Waals surface area contributed by atoms with Crippen molar-refractivity contribution in [1.29, 1.82) is 0 Å². The second-order valence-corrected chi connectivity index (χ2v) is 4.33. The van der Waals surface area contributed by atoms with Gasteiger partial charge in [-0.2, -0.15) is 0 Å². The first-order chi connectivity index (χ1) is 7.16. The van der Waals surface area contributed by atoms with Gasteiger partial charge in [0.2, 0.25) is 11.8 Å². The molecule has 2 aliphatic rings. The summed E-state index contributed by atoms with van der Waals surface area (Å²) in [5, 5.41) is 5.89. The molecule has 2 amide bonds. The fraction of sp³-hybridized carbons (Fsp3) is 0.800. The van der Waals surface area contributed by atoms with Crippen molar-refractivity contribution in [1.82, 2.24) is 15.5 Å². The van der Waals surface area contributed by atoms with Gasteiger partial charge in [-0.25, -0.2) is 0 Å². The minimum Gasteiger partial charge on any atom is -0.352 e. The third-order valence-corrected chi connectivity index (χ3v) is 2.82. The molecule has 1 heterocycles. The smallest absolute Gasteiger partial charge is 0.239 e. The maximum atomic E-state index is 11.6. The highest BCUT2D eigenvalue weighted by atomic mass is 16.2. The summed E-state index contributed by atoms with van der Waals surface area (Å²) in [6.45, 7) is 1.08. The monoisotopic (exact) mass is 211 g/mol. The molecular formula is C10H17N3O2. The maximum absolute atomic E-state index is 11.6. The zero-order chi connectivity index (χ0) is 10.8. The molecular weight excluding hydrogens is 194 g/mol. The largest absolute Gasteiger partial charge is 0.352 e. The molecule has 84 valence electrons. The van der Waals surface area contributed by atoms with E-state index < -0.39 is 0 Å². The highest BCUT2D eigenvalue weighted by Gasteiger charge is 2.29.